The van der Waals surface area contributed by atoms with Crippen LogP contribution in [0.25, 0.3) is 0 Å². The molecule has 4 nitrogen and oxygen atoms in total. The Labute approximate surface area is 117 Å². The number of pyridine rings is 1. The van der Waals surface area contributed by atoms with E-state index < -0.39 is 12.0 Å². The van der Waals surface area contributed by atoms with Gasteiger partial charge in [-0.05, 0) is 25.5 Å². The fraction of sp³-hybridized carbons (Fsp3) is 0.250. The van der Waals surface area contributed by atoms with Crippen molar-refractivity contribution in [3.63, 3.8) is 0 Å². The molecule has 1 aromatic heterocycles. The molecular weight excluding hydrogens is 254 g/mol. The van der Waals surface area contributed by atoms with Crippen LogP contribution in [0, 0.1) is 6.92 Å². The van der Waals surface area contributed by atoms with Crippen LogP contribution in [0.4, 0.5) is 0 Å². The molecule has 4 heteroatoms. The van der Waals surface area contributed by atoms with Gasteiger partial charge in [0.05, 0.1) is 0 Å². The maximum atomic E-state index is 12.0. The molecule has 1 aromatic carbocycles. The van der Waals surface area contributed by atoms with Crippen molar-refractivity contribution in [2.75, 3.05) is 0 Å². The van der Waals surface area contributed by atoms with Crippen LogP contribution < -0.4 is 5.56 Å². The van der Waals surface area contributed by atoms with E-state index in [0.29, 0.717) is 5.56 Å². The van der Waals surface area contributed by atoms with Crippen molar-refractivity contribution in [2.24, 2.45) is 0 Å². The second kappa shape index (κ2) is 6.19. The third-order valence-electron chi connectivity index (χ3n) is 3.15. The lowest BCUT2D eigenvalue weighted by Gasteiger charge is -2.14. The van der Waals surface area contributed by atoms with Gasteiger partial charge in [-0.3, -0.25) is 4.79 Å². The van der Waals surface area contributed by atoms with Gasteiger partial charge in [0.1, 0.15) is 12.6 Å². The number of carbonyl (C=O) groups is 1. The first-order valence-electron chi connectivity index (χ1n) is 6.48. The fourth-order valence-corrected chi connectivity index (χ4v) is 1.89. The highest BCUT2D eigenvalue weighted by atomic mass is 16.5. The first kappa shape index (κ1) is 14.1. The molecule has 0 fully saturated rings. The van der Waals surface area contributed by atoms with Crippen LogP contribution in [0.5, 0.6) is 0 Å². The predicted molar refractivity (Wildman–Crippen MR) is 76.4 cm³/mol. The van der Waals surface area contributed by atoms with E-state index in [1.165, 1.54) is 4.57 Å². The average molecular weight is 271 g/mol. The summed E-state index contributed by atoms with van der Waals surface area (Å²) in [6.07, 6.45) is 1.60. The Balaban J connectivity index is 2.06. The molecule has 0 saturated carbocycles. The van der Waals surface area contributed by atoms with Gasteiger partial charge >= 0.3 is 5.97 Å². The summed E-state index contributed by atoms with van der Waals surface area (Å²) in [5.74, 6) is -0.415. The van der Waals surface area contributed by atoms with E-state index >= 15 is 0 Å². The number of aryl methyl sites for hydroxylation is 1. The maximum absolute atomic E-state index is 12.0. The van der Waals surface area contributed by atoms with Crippen LogP contribution in [0.2, 0.25) is 0 Å². The summed E-state index contributed by atoms with van der Waals surface area (Å²) in [4.78, 5) is 23.9. The molecule has 0 aliphatic carbocycles. The lowest BCUT2D eigenvalue weighted by atomic mass is 10.2. The van der Waals surface area contributed by atoms with Crippen molar-refractivity contribution >= 4 is 5.97 Å². The molecule has 2 aromatic rings. The molecule has 0 saturated heterocycles. The number of aromatic nitrogens is 1. The van der Waals surface area contributed by atoms with Crippen LogP contribution in [-0.4, -0.2) is 10.5 Å². The van der Waals surface area contributed by atoms with E-state index in [2.05, 4.69) is 0 Å². The second-order valence-corrected chi connectivity index (χ2v) is 4.67. The van der Waals surface area contributed by atoms with Crippen LogP contribution >= 0.6 is 0 Å². The first-order chi connectivity index (χ1) is 9.59. The zero-order valence-electron chi connectivity index (χ0n) is 11.6. The van der Waals surface area contributed by atoms with Crippen molar-refractivity contribution in [3.8, 4) is 0 Å². The topological polar surface area (TPSA) is 48.3 Å². The van der Waals surface area contributed by atoms with Crippen LogP contribution in [0.1, 0.15) is 24.1 Å². The third kappa shape index (κ3) is 3.15. The van der Waals surface area contributed by atoms with E-state index in [9.17, 15) is 9.59 Å². The van der Waals surface area contributed by atoms with E-state index in [1.807, 2.05) is 30.3 Å². The molecule has 104 valence electrons. The highest BCUT2D eigenvalue weighted by molar-refractivity contribution is 5.73. The third-order valence-corrected chi connectivity index (χ3v) is 3.15. The van der Waals surface area contributed by atoms with Crippen LogP contribution in [0.3, 0.4) is 0 Å². The summed E-state index contributed by atoms with van der Waals surface area (Å²) in [7, 11) is 0. The Morgan fingerprint density at radius 3 is 2.60 bits per heavy atom. The monoisotopic (exact) mass is 271 g/mol. The average Bonchev–Trinajstić information content (AvgIpc) is 2.48. The zero-order valence-corrected chi connectivity index (χ0v) is 11.6. The van der Waals surface area contributed by atoms with Gasteiger partial charge in [-0.1, -0.05) is 36.4 Å². The van der Waals surface area contributed by atoms with E-state index in [-0.39, 0.29) is 12.2 Å². The van der Waals surface area contributed by atoms with E-state index in [1.54, 1.807) is 32.2 Å². The number of benzene rings is 1. The number of carbonyl (C=O) groups excluding carboxylic acids is 1. The Morgan fingerprint density at radius 1 is 1.20 bits per heavy atom. The van der Waals surface area contributed by atoms with Crippen LogP contribution in [-0.2, 0) is 16.1 Å². The van der Waals surface area contributed by atoms with Gasteiger partial charge in [0.15, 0.2) is 0 Å². The molecular formula is C16H17NO3. The van der Waals surface area contributed by atoms with Gasteiger partial charge in [0.2, 0.25) is 0 Å². The molecule has 1 atom stereocenters. The predicted octanol–water partition coefficient (Wildman–Crippen LogP) is 2.46. The minimum Gasteiger partial charge on any atom is -0.459 e. The molecule has 0 aliphatic rings. The molecule has 1 heterocycles. The molecule has 20 heavy (non-hydrogen) atoms. The first-order valence-corrected chi connectivity index (χ1v) is 6.48. The molecule has 1 unspecified atom stereocenters. The number of ether oxygens (including phenoxy) is 1. The standard InChI is InChI=1S/C16H17NO3/c1-12-7-6-10-17(15(12)18)13(2)16(19)20-11-14-8-4-3-5-9-14/h3-10,13H,11H2,1-2H3. The molecule has 0 amide bonds. The Bertz CT molecular complexity index is 646. The smallest absolute Gasteiger partial charge is 0.329 e. The molecule has 0 bridgehead atoms. The molecule has 0 N–H and O–H groups in total. The molecule has 0 aliphatic heterocycles. The molecule has 2 rings (SSSR count). The highest BCUT2D eigenvalue weighted by Crippen LogP contribution is 2.08. The van der Waals surface area contributed by atoms with Gasteiger partial charge in [-0.2, -0.15) is 0 Å². The van der Waals surface area contributed by atoms with Gasteiger partial charge in [0.25, 0.3) is 5.56 Å². The lowest BCUT2D eigenvalue weighted by Crippen LogP contribution is -2.29. The summed E-state index contributed by atoms with van der Waals surface area (Å²) < 4.78 is 6.63. The van der Waals surface area contributed by atoms with Crippen molar-refractivity contribution in [1.82, 2.24) is 4.57 Å². The normalized spacial score (nSPS) is 11.9. The maximum Gasteiger partial charge on any atom is 0.329 e. The van der Waals surface area contributed by atoms with Crippen molar-refractivity contribution in [3.05, 3.63) is 70.1 Å². The van der Waals surface area contributed by atoms with Crippen molar-refractivity contribution in [2.45, 2.75) is 26.5 Å². The minimum atomic E-state index is -0.633. The molecule has 0 radical (unpaired) electrons. The summed E-state index contributed by atoms with van der Waals surface area (Å²) in [5, 5.41) is 0. The second-order valence-electron chi connectivity index (χ2n) is 4.67. The SMILES string of the molecule is Cc1cccn(C(C)C(=O)OCc2ccccc2)c1=O. The summed E-state index contributed by atoms with van der Waals surface area (Å²) >= 11 is 0. The Kier molecular flexibility index (Phi) is 4.35. The number of esters is 1. The quantitative estimate of drug-likeness (QED) is 0.803. The lowest BCUT2D eigenvalue weighted by molar-refractivity contribution is -0.148. The molecule has 0 spiro atoms. The van der Waals surface area contributed by atoms with Gasteiger partial charge < -0.3 is 9.30 Å². The summed E-state index contributed by atoms with van der Waals surface area (Å²) in [6.45, 7) is 3.60. The van der Waals surface area contributed by atoms with Gasteiger partial charge in [0, 0.05) is 11.8 Å². The van der Waals surface area contributed by atoms with E-state index in [0.717, 1.165) is 5.56 Å². The highest BCUT2D eigenvalue weighted by Gasteiger charge is 2.17. The Hall–Kier alpha value is -2.36. The van der Waals surface area contributed by atoms with Crippen molar-refractivity contribution in [1.29, 1.82) is 0 Å². The van der Waals surface area contributed by atoms with Crippen LogP contribution in [0.15, 0.2) is 53.5 Å². The number of hydrogen-bond donors (Lipinski definition) is 0. The fourth-order valence-electron chi connectivity index (χ4n) is 1.89. The van der Waals surface area contributed by atoms with Crippen molar-refractivity contribution < 1.29 is 9.53 Å². The minimum absolute atomic E-state index is 0.170. The van der Waals surface area contributed by atoms with Gasteiger partial charge in [-0.25, -0.2) is 4.79 Å². The summed E-state index contributed by atoms with van der Waals surface area (Å²) in [5.41, 5.74) is 1.36. The van der Waals surface area contributed by atoms with E-state index in [4.69, 9.17) is 4.74 Å². The number of rotatable bonds is 4. The number of nitrogens with zero attached hydrogens (tertiary/aromatic N) is 1. The Morgan fingerprint density at radius 2 is 1.90 bits per heavy atom. The number of hydrogen-bond acceptors (Lipinski definition) is 3. The summed E-state index contributed by atoms with van der Waals surface area (Å²) in [6, 6.07) is 12.3. The largest absolute Gasteiger partial charge is 0.459 e. The van der Waals surface area contributed by atoms with Gasteiger partial charge in [-0.15, -0.1) is 0 Å². The zero-order chi connectivity index (χ0) is 14.5.